The summed E-state index contributed by atoms with van der Waals surface area (Å²) in [7, 11) is 1.34. The maximum Gasteiger partial charge on any atom is 0.330 e. The number of benzene rings is 2. The molecule has 152 valence electrons. The van der Waals surface area contributed by atoms with Crippen LogP contribution in [0.4, 0.5) is 0 Å². The van der Waals surface area contributed by atoms with Gasteiger partial charge in [-0.1, -0.05) is 18.2 Å². The summed E-state index contributed by atoms with van der Waals surface area (Å²) in [4.78, 5) is 22.6. The predicted octanol–water partition coefficient (Wildman–Crippen LogP) is 4.65. The van der Waals surface area contributed by atoms with E-state index in [2.05, 4.69) is 11.3 Å². The van der Waals surface area contributed by atoms with E-state index in [-0.39, 0.29) is 5.78 Å². The van der Waals surface area contributed by atoms with Crippen LogP contribution in [-0.2, 0) is 16.0 Å². The number of ketones is 1. The molecular formula is C24H26O5. The monoisotopic (exact) mass is 394 g/mol. The molecule has 0 heterocycles. The van der Waals surface area contributed by atoms with E-state index in [9.17, 15) is 9.59 Å². The van der Waals surface area contributed by atoms with Crippen molar-refractivity contribution in [3.63, 3.8) is 0 Å². The lowest BCUT2D eigenvalue weighted by molar-refractivity contribution is -0.134. The number of ether oxygens (including phenoxy) is 3. The highest BCUT2D eigenvalue weighted by Gasteiger charge is 2.07. The first-order chi connectivity index (χ1) is 14.0. The number of rotatable bonds is 11. The predicted molar refractivity (Wildman–Crippen MR) is 113 cm³/mol. The number of carbonyl (C=O) groups excluding carboxylic acids is 2. The molecule has 0 unspecified atom stereocenters. The van der Waals surface area contributed by atoms with E-state index in [1.54, 1.807) is 25.1 Å². The van der Waals surface area contributed by atoms with Gasteiger partial charge in [0.1, 0.15) is 11.5 Å². The van der Waals surface area contributed by atoms with E-state index in [0.29, 0.717) is 31.6 Å². The molecule has 0 bridgehead atoms. The Morgan fingerprint density at radius 3 is 2.41 bits per heavy atom. The van der Waals surface area contributed by atoms with Crippen molar-refractivity contribution in [2.75, 3.05) is 20.3 Å². The quantitative estimate of drug-likeness (QED) is 0.182. The minimum absolute atomic E-state index is 0.0297. The van der Waals surface area contributed by atoms with Crippen LogP contribution in [0.5, 0.6) is 11.5 Å². The van der Waals surface area contributed by atoms with E-state index in [1.165, 1.54) is 13.2 Å². The summed E-state index contributed by atoms with van der Waals surface area (Å²) in [5.41, 5.74) is 2.50. The van der Waals surface area contributed by atoms with Gasteiger partial charge in [-0.25, -0.2) is 4.79 Å². The first-order valence-electron chi connectivity index (χ1n) is 9.40. The Morgan fingerprint density at radius 2 is 1.76 bits per heavy atom. The Balaban J connectivity index is 1.79. The number of hydrogen-bond acceptors (Lipinski definition) is 5. The molecule has 0 aromatic heterocycles. The summed E-state index contributed by atoms with van der Waals surface area (Å²) >= 11 is 0. The molecule has 0 atom stereocenters. The Morgan fingerprint density at radius 1 is 1.03 bits per heavy atom. The van der Waals surface area contributed by atoms with Crippen molar-refractivity contribution in [3.8, 4) is 11.5 Å². The van der Waals surface area contributed by atoms with Crippen molar-refractivity contribution in [1.82, 2.24) is 0 Å². The van der Waals surface area contributed by atoms with Gasteiger partial charge in [-0.15, -0.1) is 6.58 Å². The van der Waals surface area contributed by atoms with E-state index in [4.69, 9.17) is 9.47 Å². The standard InChI is InChI=1S/C24H26O5/c1-4-6-21-17-20(18(2)25)10-13-23(21)29-16-5-15-28-22-11-7-19(8-12-22)9-14-24(26)27-3/h4,7-14,17H,1,5-6,15-16H2,2-3H3. The van der Waals surface area contributed by atoms with Gasteiger partial charge in [0, 0.05) is 18.1 Å². The fraction of sp³-hybridized carbons (Fsp3) is 0.250. The van der Waals surface area contributed by atoms with Crippen LogP contribution in [0.2, 0.25) is 0 Å². The minimum Gasteiger partial charge on any atom is -0.493 e. The molecule has 0 spiro atoms. The maximum atomic E-state index is 11.5. The van der Waals surface area contributed by atoms with Crippen LogP contribution in [0.15, 0.2) is 61.2 Å². The molecule has 2 aromatic carbocycles. The molecule has 5 heteroatoms. The van der Waals surface area contributed by atoms with Gasteiger partial charge >= 0.3 is 5.97 Å². The summed E-state index contributed by atoms with van der Waals surface area (Å²) < 4.78 is 16.1. The Bertz CT molecular complexity index is 865. The van der Waals surface area contributed by atoms with Gasteiger partial charge in [-0.3, -0.25) is 4.79 Å². The number of carbonyl (C=O) groups is 2. The van der Waals surface area contributed by atoms with Crippen LogP contribution in [0.3, 0.4) is 0 Å². The summed E-state index contributed by atoms with van der Waals surface area (Å²) in [6, 6.07) is 12.9. The van der Waals surface area contributed by atoms with Crippen LogP contribution < -0.4 is 9.47 Å². The number of Topliss-reactive ketones (excluding diaryl/α,β-unsaturated/α-hetero) is 1. The van der Waals surface area contributed by atoms with Crippen LogP contribution in [-0.4, -0.2) is 32.1 Å². The van der Waals surface area contributed by atoms with Crippen molar-refractivity contribution in [2.24, 2.45) is 0 Å². The van der Waals surface area contributed by atoms with Gasteiger partial charge in [-0.2, -0.15) is 0 Å². The zero-order chi connectivity index (χ0) is 21.1. The molecule has 2 rings (SSSR count). The second-order valence-corrected chi connectivity index (χ2v) is 6.35. The molecular weight excluding hydrogens is 368 g/mol. The lowest BCUT2D eigenvalue weighted by Crippen LogP contribution is -2.06. The number of hydrogen-bond donors (Lipinski definition) is 0. The topological polar surface area (TPSA) is 61.8 Å². The summed E-state index contributed by atoms with van der Waals surface area (Å²) in [6.45, 7) is 6.32. The Labute approximate surface area is 171 Å². The van der Waals surface area contributed by atoms with Crippen molar-refractivity contribution in [1.29, 1.82) is 0 Å². The van der Waals surface area contributed by atoms with Gasteiger partial charge in [0.2, 0.25) is 0 Å². The normalized spacial score (nSPS) is 10.6. The molecule has 0 radical (unpaired) electrons. The largest absolute Gasteiger partial charge is 0.493 e. The molecule has 0 aliphatic carbocycles. The highest BCUT2D eigenvalue weighted by molar-refractivity contribution is 5.94. The average Bonchev–Trinajstić information content (AvgIpc) is 2.73. The van der Waals surface area contributed by atoms with Crippen LogP contribution >= 0.6 is 0 Å². The second kappa shape index (κ2) is 11.5. The molecule has 0 aliphatic rings. The summed E-state index contributed by atoms with van der Waals surface area (Å²) in [5.74, 6) is 1.15. The third-order valence-corrected chi connectivity index (χ3v) is 4.14. The molecule has 5 nitrogen and oxygen atoms in total. The van der Waals surface area contributed by atoms with Gasteiger partial charge < -0.3 is 14.2 Å². The van der Waals surface area contributed by atoms with Gasteiger partial charge in [0.15, 0.2) is 5.78 Å². The Hall–Kier alpha value is -3.34. The molecule has 0 fully saturated rings. The fourth-order valence-corrected chi connectivity index (χ4v) is 2.59. The van der Waals surface area contributed by atoms with E-state index in [0.717, 1.165) is 22.6 Å². The molecule has 29 heavy (non-hydrogen) atoms. The molecule has 0 aliphatic heterocycles. The first-order valence-corrected chi connectivity index (χ1v) is 9.40. The van der Waals surface area contributed by atoms with E-state index < -0.39 is 5.97 Å². The fourth-order valence-electron chi connectivity index (χ4n) is 2.59. The van der Waals surface area contributed by atoms with Crippen LogP contribution in [0.1, 0.15) is 34.8 Å². The number of allylic oxidation sites excluding steroid dienone is 1. The van der Waals surface area contributed by atoms with Crippen molar-refractivity contribution >= 4 is 17.8 Å². The van der Waals surface area contributed by atoms with Gasteiger partial charge in [0.05, 0.1) is 20.3 Å². The van der Waals surface area contributed by atoms with Crippen LogP contribution in [0.25, 0.3) is 6.08 Å². The average molecular weight is 394 g/mol. The Kier molecular flexibility index (Phi) is 8.70. The summed E-state index contributed by atoms with van der Waals surface area (Å²) in [6.07, 6.45) is 6.20. The van der Waals surface area contributed by atoms with Crippen molar-refractivity contribution in [3.05, 3.63) is 77.9 Å². The maximum absolute atomic E-state index is 11.5. The third kappa shape index (κ3) is 7.30. The molecule has 0 saturated heterocycles. The van der Waals surface area contributed by atoms with E-state index in [1.807, 2.05) is 36.4 Å². The highest BCUT2D eigenvalue weighted by Crippen LogP contribution is 2.22. The van der Waals surface area contributed by atoms with Crippen molar-refractivity contribution in [2.45, 2.75) is 19.8 Å². The number of esters is 1. The zero-order valence-electron chi connectivity index (χ0n) is 16.9. The second-order valence-electron chi connectivity index (χ2n) is 6.35. The van der Waals surface area contributed by atoms with Gasteiger partial charge in [-0.05, 0) is 60.9 Å². The molecule has 0 N–H and O–H groups in total. The lowest BCUT2D eigenvalue weighted by Gasteiger charge is -2.12. The van der Waals surface area contributed by atoms with Crippen LogP contribution in [0, 0.1) is 0 Å². The molecule has 2 aromatic rings. The number of methoxy groups -OCH3 is 1. The first kappa shape index (κ1) is 22.0. The van der Waals surface area contributed by atoms with E-state index >= 15 is 0 Å². The summed E-state index contributed by atoms with van der Waals surface area (Å²) in [5, 5.41) is 0. The molecule has 0 amide bonds. The SMILES string of the molecule is C=CCc1cc(C(C)=O)ccc1OCCCOc1ccc(C=CC(=O)OC)cc1. The van der Waals surface area contributed by atoms with Crippen molar-refractivity contribution < 1.29 is 23.8 Å². The minimum atomic E-state index is -0.391. The third-order valence-electron chi connectivity index (χ3n) is 4.14. The smallest absolute Gasteiger partial charge is 0.330 e. The zero-order valence-corrected chi connectivity index (χ0v) is 16.9. The van der Waals surface area contributed by atoms with Gasteiger partial charge in [0.25, 0.3) is 0 Å². The molecule has 0 saturated carbocycles. The highest BCUT2D eigenvalue weighted by atomic mass is 16.5. The lowest BCUT2D eigenvalue weighted by atomic mass is 10.0.